The summed E-state index contributed by atoms with van der Waals surface area (Å²) >= 11 is 0. The van der Waals surface area contributed by atoms with Crippen LogP contribution in [0.2, 0.25) is 16.6 Å². The number of fused-ring (bicyclic) bond motifs is 1. The number of aromatic nitrogens is 3. The monoisotopic (exact) mass is 688 g/mol. The molecule has 0 fully saturated rings. The van der Waals surface area contributed by atoms with Crippen molar-refractivity contribution < 1.29 is 31.1 Å². The lowest BCUT2D eigenvalue weighted by molar-refractivity contribution is -0.138. The summed E-state index contributed by atoms with van der Waals surface area (Å²) < 4.78 is 77.8. The average Bonchev–Trinajstić information content (AvgIpc) is 3.38. The Bertz CT molecular complexity index is 1900. The van der Waals surface area contributed by atoms with Crippen LogP contribution >= 0.6 is 0 Å². The fourth-order valence-electron chi connectivity index (χ4n) is 7.25. The summed E-state index contributed by atoms with van der Waals surface area (Å²) in [6, 6.07) is 6.19. The average molecular weight is 689 g/mol. The number of alkyl halides is 3. The van der Waals surface area contributed by atoms with Crippen molar-refractivity contribution in [3.05, 3.63) is 82.4 Å². The summed E-state index contributed by atoms with van der Waals surface area (Å²) in [5, 5.41) is 0.622. The van der Waals surface area contributed by atoms with Crippen molar-refractivity contribution in [1.29, 1.82) is 0 Å². The van der Waals surface area contributed by atoms with E-state index in [0.717, 1.165) is 16.4 Å². The molecule has 3 heterocycles. The van der Waals surface area contributed by atoms with Gasteiger partial charge in [-0.1, -0.05) is 47.6 Å². The molecule has 0 amide bonds. The Morgan fingerprint density at radius 3 is 2.11 bits per heavy atom. The van der Waals surface area contributed by atoms with E-state index >= 15 is 0 Å². The molecule has 0 aliphatic rings. The predicted molar refractivity (Wildman–Crippen MR) is 181 cm³/mol. The highest BCUT2D eigenvalue weighted by molar-refractivity contribution is 7.92. The van der Waals surface area contributed by atoms with Crippen LogP contribution in [0.15, 0.2) is 53.8 Å². The molecule has 4 rings (SSSR count). The van der Waals surface area contributed by atoms with Gasteiger partial charge in [-0.2, -0.15) is 13.2 Å². The molecular formula is C34H43F3N4O4SSi. The molecule has 0 radical (unpaired) electrons. The van der Waals surface area contributed by atoms with Crippen molar-refractivity contribution in [3.8, 4) is 0 Å². The molecule has 4 aromatic rings. The number of hydrogen-bond donors (Lipinski definition) is 0. The van der Waals surface area contributed by atoms with E-state index in [-0.39, 0.29) is 16.9 Å². The van der Waals surface area contributed by atoms with E-state index in [4.69, 9.17) is 9.72 Å². The highest BCUT2D eigenvalue weighted by Gasteiger charge is 2.46. The van der Waals surface area contributed by atoms with Crippen LogP contribution in [0, 0.1) is 20.8 Å². The van der Waals surface area contributed by atoms with Gasteiger partial charge in [0.15, 0.2) is 8.24 Å². The number of nitrogens with zero attached hydrogens (tertiary/aromatic N) is 4. The van der Waals surface area contributed by atoms with Crippen molar-refractivity contribution in [2.75, 3.05) is 18.1 Å². The molecule has 0 unspecified atom stereocenters. The Morgan fingerprint density at radius 1 is 0.936 bits per heavy atom. The van der Waals surface area contributed by atoms with Gasteiger partial charge in [0.1, 0.15) is 18.1 Å². The minimum Gasteiger partial charge on any atom is -0.363 e. The number of sulfonamides is 1. The Kier molecular flexibility index (Phi) is 10.2. The fraction of sp³-hybridized carbons (Fsp3) is 0.441. The number of carbonyl (C=O) groups excluding carboxylic acids is 1. The summed E-state index contributed by atoms with van der Waals surface area (Å²) in [4.78, 5) is 23.2. The van der Waals surface area contributed by atoms with E-state index in [1.165, 1.54) is 26.3 Å². The molecule has 8 nitrogen and oxygen atoms in total. The molecule has 0 saturated heterocycles. The first-order valence-corrected chi connectivity index (χ1v) is 19.1. The van der Waals surface area contributed by atoms with Gasteiger partial charge >= 0.3 is 6.18 Å². The predicted octanol–water partition coefficient (Wildman–Crippen LogP) is 8.43. The molecule has 0 aliphatic carbocycles. The maximum atomic E-state index is 14.6. The van der Waals surface area contributed by atoms with Crippen LogP contribution in [-0.4, -0.2) is 50.5 Å². The second-order valence-electron chi connectivity index (χ2n) is 13.0. The van der Waals surface area contributed by atoms with Crippen molar-refractivity contribution >= 4 is 40.8 Å². The molecule has 0 spiro atoms. The molecule has 0 N–H and O–H groups in total. The maximum absolute atomic E-state index is 14.6. The van der Waals surface area contributed by atoms with E-state index in [0.29, 0.717) is 50.4 Å². The zero-order valence-corrected chi connectivity index (χ0v) is 30.3. The highest BCUT2D eigenvalue weighted by atomic mass is 32.2. The van der Waals surface area contributed by atoms with Crippen molar-refractivity contribution in [3.63, 3.8) is 0 Å². The van der Waals surface area contributed by atoms with E-state index < -0.39 is 47.4 Å². The zero-order valence-electron chi connectivity index (χ0n) is 28.5. The zero-order chi connectivity index (χ0) is 35.2. The third kappa shape index (κ3) is 6.25. The second-order valence-corrected chi connectivity index (χ2v) is 20.6. The molecular weight excluding hydrogens is 646 g/mol. The SMILES string of the molecule is COCN(c1cc(C)cnc1C(=O)c1c(C)cnc2c1ccn2[Si](C(C)C)(C(C)C)C(C)C)S(=O)(=O)c1ccc(C)c(C(F)(F)F)c1. The Morgan fingerprint density at radius 2 is 1.55 bits per heavy atom. The fourth-order valence-corrected chi connectivity index (χ4v) is 15.2. The van der Waals surface area contributed by atoms with Crippen LogP contribution in [0.5, 0.6) is 0 Å². The second kappa shape index (κ2) is 13.2. The number of halogens is 3. The van der Waals surface area contributed by atoms with Gasteiger partial charge in [-0.15, -0.1) is 0 Å². The molecule has 0 aliphatic heterocycles. The van der Waals surface area contributed by atoms with Crippen LogP contribution in [0.3, 0.4) is 0 Å². The van der Waals surface area contributed by atoms with Gasteiger partial charge in [0.05, 0.1) is 16.1 Å². The van der Waals surface area contributed by atoms with Gasteiger partial charge in [-0.05, 0) is 84.5 Å². The van der Waals surface area contributed by atoms with E-state index in [1.54, 1.807) is 20.0 Å². The number of aryl methyl sites for hydroxylation is 3. The van der Waals surface area contributed by atoms with Gasteiger partial charge in [0, 0.05) is 30.5 Å². The van der Waals surface area contributed by atoms with Gasteiger partial charge in [0.25, 0.3) is 10.0 Å². The minimum absolute atomic E-state index is 0.106. The Balaban J connectivity index is 1.96. The van der Waals surface area contributed by atoms with Crippen molar-refractivity contribution in [2.45, 2.75) is 90.0 Å². The number of methoxy groups -OCH3 is 1. The van der Waals surface area contributed by atoms with Crippen LogP contribution in [0.25, 0.3) is 11.0 Å². The lowest BCUT2D eigenvalue weighted by Gasteiger charge is -2.44. The Hall–Kier alpha value is -3.55. The van der Waals surface area contributed by atoms with Gasteiger partial charge in [0.2, 0.25) is 5.78 Å². The van der Waals surface area contributed by atoms with Gasteiger partial charge < -0.3 is 8.97 Å². The molecule has 0 atom stereocenters. The van der Waals surface area contributed by atoms with Crippen molar-refractivity contribution in [2.24, 2.45) is 0 Å². The lowest BCUT2D eigenvalue weighted by atomic mass is 9.99. The molecule has 3 aromatic heterocycles. The van der Waals surface area contributed by atoms with E-state index in [2.05, 4.69) is 50.8 Å². The normalized spacial score (nSPS) is 12.9. The number of carbonyl (C=O) groups is 1. The summed E-state index contributed by atoms with van der Waals surface area (Å²) in [5.41, 5.74) is 1.73. The summed E-state index contributed by atoms with van der Waals surface area (Å²) in [5.74, 6) is -0.537. The Labute approximate surface area is 276 Å². The summed E-state index contributed by atoms with van der Waals surface area (Å²) in [6.07, 6.45) is 0.347. The summed E-state index contributed by atoms with van der Waals surface area (Å²) in [7, 11) is -5.66. The first-order valence-electron chi connectivity index (χ1n) is 15.5. The van der Waals surface area contributed by atoms with Gasteiger partial charge in [-0.3, -0.25) is 9.78 Å². The third-order valence-electron chi connectivity index (χ3n) is 9.16. The molecule has 0 saturated carbocycles. The molecule has 47 heavy (non-hydrogen) atoms. The molecule has 1 aromatic carbocycles. The molecule has 13 heteroatoms. The number of pyridine rings is 2. The largest absolute Gasteiger partial charge is 0.416 e. The first kappa shape index (κ1) is 36.3. The van der Waals surface area contributed by atoms with Crippen LogP contribution < -0.4 is 4.31 Å². The number of rotatable bonds is 11. The van der Waals surface area contributed by atoms with Crippen LogP contribution in [0.4, 0.5) is 18.9 Å². The highest BCUT2D eigenvalue weighted by Crippen LogP contribution is 2.44. The maximum Gasteiger partial charge on any atom is 0.416 e. The number of hydrogen-bond acceptors (Lipinski definition) is 6. The number of anilines is 1. The quantitative estimate of drug-likeness (QED) is 0.0892. The smallest absolute Gasteiger partial charge is 0.363 e. The molecule has 254 valence electrons. The van der Waals surface area contributed by atoms with Gasteiger partial charge in [-0.25, -0.2) is 17.7 Å². The third-order valence-corrected chi connectivity index (χ3v) is 17.6. The lowest BCUT2D eigenvalue weighted by Crippen LogP contribution is -2.51. The standard InChI is InChI=1S/C34H43F3N4O4SSi/c1-20(2)47(21(3)4,22(5)6)41-14-13-27-30(25(9)18-39-33(27)41)32(42)31-29(15-23(7)17-38-31)40(19-45-10)46(43,44)26-12-11-24(8)28(16-26)34(35,36)37/h11-18,20-22H,19H2,1-10H3. The van der Waals surface area contributed by atoms with E-state index in [9.17, 15) is 26.4 Å². The number of benzene rings is 1. The molecule has 0 bridgehead atoms. The van der Waals surface area contributed by atoms with Crippen LogP contribution in [-0.2, 0) is 20.9 Å². The number of ether oxygens (including phenoxy) is 1. The minimum atomic E-state index is -4.77. The van der Waals surface area contributed by atoms with E-state index in [1.807, 2.05) is 12.3 Å². The topological polar surface area (TPSA) is 94.4 Å². The van der Waals surface area contributed by atoms with Crippen LogP contribution in [0.1, 0.15) is 79.8 Å². The first-order chi connectivity index (χ1) is 21.8. The number of ketones is 1. The summed E-state index contributed by atoms with van der Waals surface area (Å²) in [6.45, 7) is 17.5. The van der Waals surface area contributed by atoms with Crippen molar-refractivity contribution in [1.82, 2.24) is 14.2 Å².